The zero-order chi connectivity index (χ0) is 23.5. The third-order valence-electron chi connectivity index (χ3n) is 4.90. The number of benzene rings is 1. The Hall–Kier alpha value is -3.12. The minimum Gasteiger partial charge on any atom is -0.480 e. The molecule has 1 atom stereocenters. The highest BCUT2D eigenvalue weighted by Crippen LogP contribution is 2.33. The van der Waals surface area contributed by atoms with Crippen LogP contribution >= 0.6 is 34.3 Å². The number of nitrogens with zero attached hydrogens (tertiary/aromatic N) is 2. The van der Waals surface area contributed by atoms with E-state index in [-0.39, 0.29) is 18.8 Å². The average Bonchev–Trinajstić information content (AvgIpc) is 3.41. The third kappa shape index (κ3) is 4.53. The molecule has 33 heavy (non-hydrogen) atoms. The normalized spacial score (nSPS) is 15.6. The van der Waals surface area contributed by atoms with Crippen molar-refractivity contribution in [1.29, 1.82) is 0 Å². The topological polar surface area (TPSA) is 69.9 Å². The van der Waals surface area contributed by atoms with E-state index in [1.54, 1.807) is 42.7 Å². The van der Waals surface area contributed by atoms with Crippen LogP contribution < -0.4 is 19.6 Å². The van der Waals surface area contributed by atoms with Crippen molar-refractivity contribution in [2.45, 2.75) is 19.9 Å². The number of fused-ring (bicyclic) bond motifs is 1. The molecule has 0 fully saturated rings. The van der Waals surface area contributed by atoms with Crippen LogP contribution in [0.15, 0.2) is 56.8 Å². The van der Waals surface area contributed by atoms with Crippen LogP contribution in [0.2, 0.25) is 5.02 Å². The fourth-order valence-corrected chi connectivity index (χ4v) is 5.57. The van der Waals surface area contributed by atoms with Crippen molar-refractivity contribution >= 4 is 46.3 Å². The second-order valence-corrected chi connectivity index (χ2v) is 9.42. The van der Waals surface area contributed by atoms with Gasteiger partial charge in [0.15, 0.2) is 4.80 Å². The van der Waals surface area contributed by atoms with Gasteiger partial charge in [-0.3, -0.25) is 9.36 Å². The molecular weight excluding hydrogens is 480 g/mol. The quantitative estimate of drug-likeness (QED) is 0.385. The van der Waals surface area contributed by atoms with Gasteiger partial charge in [-0.2, -0.15) is 0 Å². The van der Waals surface area contributed by atoms with Crippen molar-refractivity contribution in [3.05, 3.63) is 82.1 Å². The Bertz CT molecular complexity index is 1460. The summed E-state index contributed by atoms with van der Waals surface area (Å²) < 4.78 is 12.9. The number of halogens is 1. The van der Waals surface area contributed by atoms with Gasteiger partial charge in [0, 0.05) is 15.5 Å². The van der Waals surface area contributed by atoms with Crippen LogP contribution in [0.25, 0.3) is 6.08 Å². The van der Waals surface area contributed by atoms with E-state index in [0.717, 1.165) is 4.88 Å². The summed E-state index contributed by atoms with van der Waals surface area (Å²) in [4.78, 5) is 32.3. The Morgan fingerprint density at radius 3 is 2.91 bits per heavy atom. The molecule has 9 heteroatoms. The van der Waals surface area contributed by atoms with Crippen LogP contribution in [0.4, 0.5) is 0 Å². The summed E-state index contributed by atoms with van der Waals surface area (Å²) in [6.45, 7) is 3.82. The van der Waals surface area contributed by atoms with Gasteiger partial charge in [-0.15, -0.1) is 17.8 Å². The first-order chi connectivity index (χ1) is 15.9. The lowest BCUT2D eigenvalue weighted by molar-refractivity contribution is -0.139. The molecule has 0 saturated heterocycles. The number of hydrogen-bond donors (Lipinski definition) is 0. The first kappa shape index (κ1) is 23.1. The Kier molecular flexibility index (Phi) is 6.84. The van der Waals surface area contributed by atoms with E-state index in [9.17, 15) is 9.59 Å². The highest BCUT2D eigenvalue weighted by atomic mass is 35.5. The van der Waals surface area contributed by atoms with Crippen LogP contribution in [0, 0.1) is 12.3 Å². The number of ether oxygens (including phenoxy) is 2. The van der Waals surface area contributed by atoms with E-state index in [1.807, 2.05) is 17.5 Å². The van der Waals surface area contributed by atoms with Gasteiger partial charge >= 0.3 is 5.97 Å². The standard InChI is InChI=1S/C24H19ClN2O4S2/c1-4-10-31-17-9-8-16(25)12-15(17)13-19-22(28)27-21(18-7-6-11-32-18)20(23(29)30-5-2)14(3)26-24(27)33-19/h1,6-9,11-13,21H,5,10H2,2-3H3/b19-13-/t21-/m0/s1. The van der Waals surface area contributed by atoms with Crippen LogP contribution in [0.1, 0.15) is 30.3 Å². The Labute approximate surface area is 203 Å². The van der Waals surface area contributed by atoms with E-state index in [2.05, 4.69) is 10.9 Å². The van der Waals surface area contributed by atoms with Crippen molar-refractivity contribution in [1.82, 2.24) is 4.57 Å². The molecule has 1 aromatic carbocycles. The summed E-state index contributed by atoms with van der Waals surface area (Å²) in [5, 5.41) is 2.41. The molecule has 1 aliphatic heterocycles. The summed E-state index contributed by atoms with van der Waals surface area (Å²) in [6.07, 6.45) is 7.02. The monoisotopic (exact) mass is 498 g/mol. The predicted molar refractivity (Wildman–Crippen MR) is 130 cm³/mol. The number of aromatic nitrogens is 1. The van der Waals surface area contributed by atoms with Gasteiger partial charge in [0.1, 0.15) is 18.4 Å². The molecule has 6 nitrogen and oxygen atoms in total. The number of thiazole rings is 1. The molecule has 0 amide bonds. The lowest BCUT2D eigenvalue weighted by Crippen LogP contribution is -2.39. The summed E-state index contributed by atoms with van der Waals surface area (Å²) in [5.41, 5.74) is 1.24. The van der Waals surface area contributed by atoms with E-state index in [4.69, 9.17) is 27.5 Å². The maximum absolute atomic E-state index is 13.6. The largest absolute Gasteiger partial charge is 0.480 e. The molecule has 3 aromatic rings. The highest BCUT2D eigenvalue weighted by Gasteiger charge is 2.33. The van der Waals surface area contributed by atoms with Gasteiger partial charge in [0.2, 0.25) is 0 Å². The Morgan fingerprint density at radius 2 is 2.21 bits per heavy atom. The Morgan fingerprint density at radius 1 is 1.39 bits per heavy atom. The summed E-state index contributed by atoms with van der Waals surface area (Å²) in [6, 6.07) is 8.27. The zero-order valence-corrected chi connectivity index (χ0v) is 20.2. The minimum absolute atomic E-state index is 0.0875. The van der Waals surface area contributed by atoms with E-state index in [1.165, 1.54) is 22.7 Å². The molecule has 0 bridgehead atoms. The first-order valence-corrected chi connectivity index (χ1v) is 12.1. The van der Waals surface area contributed by atoms with Crippen LogP contribution in [-0.2, 0) is 9.53 Å². The van der Waals surface area contributed by atoms with E-state index in [0.29, 0.717) is 36.9 Å². The second kappa shape index (κ2) is 9.79. The van der Waals surface area contributed by atoms with Crippen molar-refractivity contribution in [2.24, 2.45) is 4.99 Å². The first-order valence-electron chi connectivity index (χ1n) is 10.0. The molecule has 168 valence electrons. The lowest BCUT2D eigenvalue weighted by Gasteiger charge is -2.23. The fraction of sp³-hybridized carbons (Fsp3) is 0.208. The molecule has 2 aromatic heterocycles. The number of allylic oxidation sites excluding steroid dienone is 1. The SMILES string of the molecule is C#CCOc1ccc(Cl)cc1/C=c1\sc2n(c1=O)[C@@H](c1cccs1)C(C(=O)OCC)=C(C)N=2. The minimum atomic E-state index is -0.612. The number of carbonyl (C=O) groups excluding carboxylic acids is 1. The summed E-state index contributed by atoms with van der Waals surface area (Å²) in [7, 11) is 0. The van der Waals surface area contributed by atoms with Gasteiger partial charge < -0.3 is 9.47 Å². The number of thiophene rings is 1. The molecule has 3 heterocycles. The average molecular weight is 499 g/mol. The maximum atomic E-state index is 13.6. The molecule has 0 N–H and O–H groups in total. The van der Waals surface area contributed by atoms with Crippen LogP contribution in [0.3, 0.4) is 0 Å². The predicted octanol–water partition coefficient (Wildman–Crippen LogP) is 3.53. The molecule has 0 saturated carbocycles. The third-order valence-corrected chi connectivity index (χ3v) is 7.04. The van der Waals surface area contributed by atoms with Crippen molar-refractivity contribution in [3.63, 3.8) is 0 Å². The molecular formula is C24H19ClN2O4S2. The zero-order valence-electron chi connectivity index (χ0n) is 17.8. The van der Waals surface area contributed by atoms with Crippen LogP contribution in [-0.4, -0.2) is 23.8 Å². The van der Waals surface area contributed by atoms with Crippen molar-refractivity contribution in [2.75, 3.05) is 13.2 Å². The number of rotatable bonds is 6. The highest BCUT2D eigenvalue weighted by molar-refractivity contribution is 7.10. The molecule has 0 spiro atoms. The van der Waals surface area contributed by atoms with Crippen molar-refractivity contribution < 1.29 is 14.3 Å². The lowest BCUT2D eigenvalue weighted by atomic mass is 10.0. The Balaban J connectivity index is 1.92. The molecule has 4 rings (SSSR count). The van der Waals surface area contributed by atoms with Gasteiger partial charge in [0.05, 0.1) is 22.4 Å². The molecule has 0 radical (unpaired) electrons. The van der Waals surface area contributed by atoms with Gasteiger partial charge in [0.25, 0.3) is 5.56 Å². The van der Waals surface area contributed by atoms with Crippen LogP contribution in [0.5, 0.6) is 5.75 Å². The van der Waals surface area contributed by atoms with Crippen molar-refractivity contribution in [3.8, 4) is 18.1 Å². The van der Waals surface area contributed by atoms with Gasteiger partial charge in [-0.05, 0) is 49.6 Å². The molecule has 0 unspecified atom stereocenters. The van der Waals surface area contributed by atoms with Gasteiger partial charge in [-0.1, -0.05) is 34.9 Å². The van der Waals surface area contributed by atoms with Gasteiger partial charge in [-0.25, -0.2) is 9.79 Å². The molecule has 0 aliphatic carbocycles. The number of terminal acetylenes is 1. The molecule has 1 aliphatic rings. The van der Waals surface area contributed by atoms with E-state index < -0.39 is 12.0 Å². The summed E-state index contributed by atoms with van der Waals surface area (Å²) in [5.74, 6) is 2.46. The fourth-order valence-electron chi connectivity index (χ4n) is 3.53. The number of carbonyl (C=O) groups is 1. The number of hydrogen-bond acceptors (Lipinski definition) is 7. The maximum Gasteiger partial charge on any atom is 0.338 e. The number of esters is 1. The second-order valence-electron chi connectivity index (χ2n) is 6.99. The smallest absolute Gasteiger partial charge is 0.338 e. The summed E-state index contributed by atoms with van der Waals surface area (Å²) >= 11 is 8.88. The van der Waals surface area contributed by atoms with E-state index >= 15 is 0 Å².